The van der Waals surface area contributed by atoms with Gasteiger partial charge in [-0.2, -0.15) is 0 Å². The number of H-pyrrole nitrogens is 1. The van der Waals surface area contributed by atoms with Gasteiger partial charge in [0.25, 0.3) is 0 Å². The molecule has 2 unspecified atom stereocenters. The highest BCUT2D eigenvalue weighted by Crippen LogP contribution is 2.41. The Balaban J connectivity index is 1.55. The van der Waals surface area contributed by atoms with Gasteiger partial charge in [-0.3, -0.25) is 14.9 Å². The lowest BCUT2D eigenvalue weighted by molar-refractivity contribution is -0.384. The number of hydrogen-bond acceptors (Lipinski definition) is 10. The Morgan fingerprint density at radius 2 is 2.05 bits per heavy atom. The molecule has 3 aromatic rings. The molecule has 0 bridgehead atoms. The van der Waals surface area contributed by atoms with E-state index in [0.29, 0.717) is 30.8 Å². The molecule has 3 aromatic heterocycles. The van der Waals surface area contributed by atoms with Crippen molar-refractivity contribution in [2.75, 3.05) is 25.1 Å². The number of carbonyl (C=O) groups excluding carboxylic acids is 1. The minimum absolute atomic E-state index is 0.0501. The minimum Gasteiger partial charge on any atom is -0.464 e. The molecule has 4 N–H and O–H groups in total. The van der Waals surface area contributed by atoms with Crippen LogP contribution in [0.3, 0.4) is 0 Å². The van der Waals surface area contributed by atoms with Gasteiger partial charge in [-0.05, 0) is 37.0 Å². The van der Waals surface area contributed by atoms with Crippen molar-refractivity contribution < 1.29 is 27.6 Å². The van der Waals surface area contributed by atoms with Crippen LogP contribution in [0.1, 0.15) is 12.8 Å². The molecule has 4 heterocycles. The molecule has 1 aliphatic carbocycles. The number of aromatic amines is 1. The predicted molar refractivity (Wildman–Crippen MR) is 141 cm³/mol. The number of nitrogens with two attached hydrogens (primary N) is 1. The van der Waals surface area contributed by atoms with Gasteiger partial charge in [0, 0.05) is 43.6 Å². The third kappa shape index (κ3) is 4.95. The summed E-state index contributed by atoms with van der Waals surface area (Å²) in [6, 6.07) is 4.19. The number of nitrogens with zero attached hydrogens (tertiary/aromatic N) is 3. The summed E-state index contributed by atoms with van der Waals surface area (Å²) in [7, 11) is -4.67. The van der Waals surface area contributed by atoms with Crippen LogP contribution in [0.4, 0.5) is 11.5 Å². The van der Waals surface area contributed by atoms with Crippen molar-refractivity contribution in [1.29, 1.82) is 0 Å². The third-order valence-electron chi connectivity index (χ3n) is 6.80. The molecular formula is C25H26N6O7S. The number of primary amides is 1. The van der Waals surface area contributed by atoms with E-state index in [-0.39, 0.29) is 17.5 Å². The molecule has 1 amide bonds. The summed E-state index contributed by atoms with van der Waals surface area (Å²) in [6.07, 6.45) is 11.0. The minimum atomic E-state index is -4.67. The van der Waals surface area contributed by atoms with Gasteiger partial charge in [0.2, 0.25) is 26.5 Å². The Kier molecular flexibility index (Phi) is 7.06. The molecule has 0 spiro atoms. The number of aromatic nitrogens is 3. The fraction of sp³-hybridized carbons (Fsp3) is 0.320. The van der Waals surface area contributed by atoms with Crippen molar-refractivity contribution in [3.63, 3.8) is 0 Å². The van der Waals surface area contributed by atoms with Crippen molar-refractivity contribution in [1.82, 2.24) is 15.0 Å². The van der Waals surface area contributed by atoms with Crippen LogP contribution in [-0.2, 0) is 19.4 Å². The predicted octanol–water partition coefficient (Wildman–Crippen LogP) is 2.48. The van der Waals surface area contributed by atoms with Crippen molar-refractivity contribution in [2.45, 2.75) is 22.7 Å². The second kappa shape index (κ2) is 10.5. The molecule has 204 valence electrons. The molecule has 0 saturated carbocycles. The van der Waals surface area contributed by atoms with Crippen LogP contribution in [0.15, 0.2) is 66.0 Å². The third-order valence-corrected chi connectivity index (χ3v) is 8.96. The number of allylic oxidation sites excluding steroid dienone is 2. The summed E-state index contributed by atoms with van der Waals surface area (Å²) in [5.74, 6) is -2.20. The number of nitrogens with one attached hydrogen (secondary N) is 2. The van der Waals surface area contributed by atoms with Crippen molar-refractivity contribution in [2.24, 2.45) is 17.6 Å². The van der Waals surface area contributed by atoms with Crippen LogP contribution in [0.2, 0.25) is 0 Å². The Hall–Kier alpha value is -4.30. The number of carbonyl (C=O) groups is 1. The quantitative estimate of drug-likeness (QED) is 0.261. The highest BCUT2D eigenvalue weighted by atomic mass is 32.2. The lowest BCUT2D eigenvalue weighted by Crippen LogP contribution is -2.54. The Morgan fingerprint density at radius 3 is 2.79 bits per heavy atom. The largest absolute Gasteiger partial charge is 0.464 e. The van der Waals surface area contributed by atoms with Crippen LogP contribution >= 0.6 is 0 Å². The maximum Gasteiger partial charge on any atom is 0.312 e. The Bertz CT molecular complexity index is 1580. The summed E-state index contributed by atoms with van der Waals surface area (Å²) in [5, 5.41) is 15.6. The van der Waals surface area contributed by atoms with Crippen LogP contribution in [0, 0.1) is 22.0 Å². The molecular weight excluding hydrogens is 528 g/mol. The van der Waals surface area contributed by atoms with Crippen LogP contribution in [0.25, 0.3) is 11.0 Å². The van der Waals surface area contributed by atoms with E-state index in [1.807, 2.05) is 0 Å². The molecule has 5 rings (SSSR count). The number of amides is 1. The number of ether oxygens (including phenoxy) is 2. The summed E-state index contributed by atoms with van der Waals surface area (Å²) in [6.45, 7) is 1.63. The van der Waals surface area contributed by atoms with Gasteiger partial charge in [0.15, 0.2) is 0 Å². The zero-order valence-electron chi connectivity index (χ0n) is 20.6. The first kappa shape index (κ1) is 26.3. The van der Waals surface area contributed by atoms with E-state index >= 15 is 0 Å². The van der Waals surface area contributed by atoms with E-state index in [9.17, 15) is 23.3 Å². The SMILES string of the molecule is NC(=O)C1C=CC=CC1(Oc1cnc2[nH]ccc2c1)S(=O)(=O)c1cnc(NCC2CCOCC2)c([N+](=O)[O-])c1. The molecule has 0 aromatic carbocycles. The van der Waals surface area contributed by atoms with E-state index < -0.39 is 42.1 Å². The number of anilines is 1. The second-order valence-corrected chi connectivity index (χ2v) is 11.4. The highest BCUT2D eigenvalue weighted by molar-refractivity contribution is 7.93. The maximum absolute atomic E-state index is 14.2. The first-order valence-corrected chi connectivity index (χ1v) is 13.7. The molecule has 2 aliphatic rings. The first-order valence-electron chi connectivity index (χ1n) is 12.2. The molecule has 1 fully saturated rings. The smallest absolute Gasteiger partial charge is 0.312 e. The zero-order valence-corrected chi connectivity index (χ0v) is 21.5. The fourth-order valence-corrected chi connectivity index (χ4v) is 6.52. The Labute approximate surface area is 223 Å². The maximum atomic E-state index is 14.2. The molecule has 1 saturated heterocycles. The van der Waals surface area contributed by atoms with E-state index in [4.69, 9.17) is 15.2 Å². The van der Waals surface area contributed by atoms with E-state index in [1.54, 1.807) is 18.3 Å². The first-order chi connectivity index (χ1) is 18.7. The fourth-order valence-electron chi connectivity index (χ4n) is 4.70. The summed E-state index contributed by atoms with van der Waals surface area (Å²) in [5.41, 5.74) is 5.65. The normalized spacial score (nSPS) is 21.6. The van der Waals surface area contributed by atoms with Gasteiger partial charge >= 0.3 is 5.69 Å². The molecule has 14 heteroatoms. The molecule has 1 aliphatic heterocycles. The van der Waals surface area contributed by atoms with Gasteiger partial charge in [-0.15, -0.1) is 0 Å². The average molecular weight is 555 g/mol. The van der Waals surface area contributed by atoms with Crippen molar-refractivity contribution in [3.8, 4) is 5.75 Å². The van der Waals surface area contributed by atoms with Gasteiger partial charge in [-0.25, -0.2) is 18.4 Å². The Morgan fingerprint density at radius 1 is 1.26 bits per heavy atom. The number of sulfone groups is 1. The molecule has 13 nitrogen and oxygen atoms in total. The van der Waals surface area contributed by atoms with Gasteiger partial charge in [0.05, 0.1) is 16.0 Å². The van der Waals surface area contributed by atoms with Crippen LogP contribution in [-0.4, -0.2) is 58.9 Å². The summed E-state index contributed by atoms with van der Waals surface area (Å²) >= 11 is 0. The number of rotatable bonds is 9. The summed E-state index contributed by atoms with van der Waals surface area (Å²) < 4.78 is 39.8. The van der Waals surface area contributed by atoms with Crippen LogP contribution in [0.5, 0.6) is 5.75 Å². The average Bonchev–Trinajstić information content (AvgIpc) is 3.40. The topological polar surface area (TPSA) is 192 Å². The van der Waals surface area contributed by atoms with Gasteiger partial charge in [0.1, 0.15) is 17.3 Å². The second-order valence-electron chi connectivity index (χ2n) is 9.27. The number of fused-ring (bicyclic) bond motifs is 1. The molecule has 39 heavy (non-hydrogen) atoms. The number of hydrogen-bond donors (Lipinski definition) is 3. The lowest BCUT2D eigenvalue weighted by Gasteiger charge is -2.36. The molecule has 0 radical (unpaired) electrons. The van der Waals surface area contributed by atoms with E-state index in [0.717, 1.165) is 25.1 Å². The van der Waals surface area contributed by atoms with E-state index in [2.05, 4.69) is 20.3 Å². The highest BCUT2D eigenvalue weighted by Gasteiger charge is 2.54. The van der Waals surface area contributed by atoms with Gasteiger partial charge < -0.3 is 25.5 Å². The lowest BCUT2D eigenvalue weighted by atomic mass is 9.96. The zero-order chi connectivity index (χ0) is 27.6. The van der Waals surface area contributed by atoms with Crippen molar-refractivity contribution >= 4 is 38.3 Å². The van der Waals surface area contributed by atoms with Gasteiger partial charge in [-0.1, -0.05) is 18.2 Å². The number of pyridine rings is 2. The molecule has 2 atom stereocenters. The van der Waals surface area contributed by atoms with E-state index in [1.165, 1.54) is 30.5 Å². The van der Waals surface area contributed by atoms with Crippen LogP contribution < -0.4 is 15.8 Å². The standard InChI is InChI=1S/C25H26N6O7S/c26-22(32)20-3-1-2-7-25(20,38-18-11-17-4-8-27-23(17)29-14-18)39(35,36)19-12-21(31(33)34)24(30-15-19)28-13-16-5-9-37-10-6-16/h1-4,7-8,11-12,14-16,20H,5-6,9-10,13H2,(H2,26,32)(H,27,29)(H,28,30). The number of nitro groups is 1. The van der Waals surface area contributed by atoms with Crippen molar-refractivity contribution in [3.05, 3.63) is 71.2 Å². The summed E-state index contributed by atoms with van der Waals surface area (Å²) in [4.78, 5) is 32.1. The monoisotopic (exact) mass is 554 g/mol.